The zero-order valence-corrected chi connectivity index (χ0v) is 12.0. The van der Waals surface area contributed by atoms with Gasteiger partial charge in [-0.05, 0) is 51.1 Å². The number of allylic oxidation sites excluding steroid dienone is 1. The summed E-state index contributed by atoms with van der Waals surface area (Å²) >= 11 is 0. The fraction of sp³-hybridized carbons (Fsp3) is 0.800. The lowest BCUT2D eigenvalue weighted by Gasteiger charge is -2.32. The number of piperidine rings is 1. The zero-order chi connectivity index (χ0) is 13.5. The van der Waals surface area contributed by atoms with E-state index in [4.69, 9.17) is 0 Å². The first-order valence-corrected chi connectivity index (χ1v) is 7.71. The van der Waals surface area contributed by atoms with E-state index in [1.807, 2.05) is 0 Å². The summed E-state index contributed by atoms with van der Waals surface area (Å²) in [4.78, 5) is 14.3. The van der Waals surface area contributed by atoms with Gasteiger partial charge in [0.2, 0.25) is 0 Å². The second-order valence-corrected chi connectivity index (χ2v) is 5.72. The van der Waals surface area contributed by atoms with E-state index in [0.717, 1.165) is 32.5 Å². The lowest BCUT2D eigenvalue weighted by Crippen LogP contribution is -2.46. The molecule has 1 fully saturated rings. The molecule has 0 aromatic carbocycles. The SMILES string of the molecule is CCN1CCC[C@H](CNC(=O)N[C@H]2C=CCCC2)C1. The van der Waals surface area contributed by atoms with Gasteiger partial charge in [0.05, 0.1) is 0 Å². The van der Waals surface area contributed by atoms with Crippen molar-refractivity contribution in [3.63, 3.8) is 0 Å². The molecule has 1 heterocycles. The van der Waals surface area contributed by atoms with Gasteiger partial charge >= 0.3 is 6.03 Å². The van der Waals surface area contributed by atoms with Crippen molar-refractivity contribution in [1.82, 2.24) is 15.5 Å². The second kappa shape index (κ2) is 7.53. The van der Waals surface area contributed by atoms with Gasteiger partial charge in [-0.2, -0.15) is 0 Å². The van der Waals surface area contributed by atoms with Gasteiger partial charge in [-0.15, -0.1) is 0 Å². The van der Waals surface area contributed by atoms with Crippen LogP contribution >= 0.6 is 0 Å². The van der Waals surface area contributed by atoms with E-state index in [-0.39, 0.29) is 12.1 Å². The Balaban J connectivity index is 1.65. The Kier molecular flexibility index (Phi) is 5.70. The van der Waals surface area contributed by atoms with Crippen molar-refractivity contribution >= 4 is 6.03 Å². The number of hydrogen-bond acceptors (Lipinski definition) is 2. The minimum absolute atomic E-state index is 0.00910. The van der Waals surface area contributed by atoms with Crippen LogP contribution in [-0.4, -0.2) is 43.2 Å². The molecule has 0 radical (unpaired) electrons. The van der Waals surface area contributed by atoms with E-state index in [9.17, 15) is 4.79 Å². The maximum atomic E-state index is 11.8. The van der Waals surface area contributed by atoms with Gasteiger partial charge in [0.1, 0.15) is 0 Å². The normalized spacial score (nSPS) is 28.1. The highest BCUT2D eigenvalue weighted by Gasteiger charge is 2.19. The predicted molar refractivity (Wildman–Crippen MR) is 78.2 cm³/mol. The minimum atomic E-state index is -0.00910. The van der Waals surface area contributed by atoms with Crippen LogP contribution in [0.2, 0.25) is 0 Å². The number of nitrogens with one attached hydrogen (secondary N) is 2. The number of urea groups is 1. The number of rotatable bonds is 4. The average Bonchev–Trinajstić information content (AvgIpc) is 2.46. The highest BCUT2D eigenvalue weighted by Crippen LogP contribution is 2.15. The van der Waals surface area contributed by atoms with Gasteiger partial charge in [0, 0.05) is 19.1 Å². The summed E-state index contributed by atoms with van der Waals surface area (Å²) in [7, 11) is 0. The van der Waals surface area contributed by atoms with E-state index in [1.54, 1.807) is 0 Å². The monoisotopic (exact) mass is 265 g/mol. The number of amides is 2. The molecule has 2 N–H and O–H groups in total. The zero-order valence-electron chi connectivity index (χ0n) is 12.0. The summed E-state index contributed by atoms with van der Waals surface area (Å²) in [6.07, 6.45) is 10.2. The fourth-order valence-corrected chi connectivity index (χ4v) is 2.99. The minimum Gasteiger partial charge on any atom is -0.338 e. The van der Waals surface area contributed by atoms with Gasteiger partial charge in [-0.1, -0.05) is 19.1 Å². The Morgan fingerprint density at radius 1 is 1.37 bits per heavy atom. The standard InChI is InChI=1S/C15H27N3O/c1-2-18-10-6-7-13(12-18)11-16-15(19)17-14-8-4-3-5-9-14/h4,8,13-14H,2-3,5-7,9-12H2,1H3,(H2,16,17,19)/t13-,14+/m1/s1. The second-order valence-electron chi connectivity index (χ2n) is 5.72. The van der Waals surface area contributed by atoms with Crippen LogP contribution in [0.1, 0.15) is 39.0 Å². The molecule has 4 nitrogen and oxygen atoms in total. The quantitative estimate of drug-likeness (QED) is 0.765. The third kappa shape index (κ3) is 4.86. The van der Waals surface area contributed by atoms with Gasteiger partial charge in [0.25, 0.3) is 0 Å². The van der Waals surface area contributed by atoms with Crippen molar-refractivity contribution in [3.8, 4) is 0 Å². The molecule has 2 atom stereocenters. The van der Waals surface area contributed by atoms with Crippen LogP contribution in [0.4, 0.5) is 4.79 Å². The van der Waals surface area contributed by atoms with Crippen molar-refractivity contribution in [1.29, 1.82) is 0 Å². The van der Waals surface area contributed by atoms with Crippen LogP contribution < -0.4 is 10.6 Å². The maximum absolute atomic E-state index is 11.8. The molecule has 19 heavy (non-hydrogen) atoms. The lowest BCUT2D eigenvalue weighted by molar-refractivity contribution is 0.179. The van der Waals surface area contributed by atoms with Crippen LogP contribution in [0.25, 0.3) is 0 Å². The van der Waals surface area contributed by atoms with E-state index in [0.29, 0.717) is 5.92 Å². The Morgan fingerprint density at radius 2 is 2.26 bits per heavy atom. The third-order valence-corrected chi connectivity index (χ3v) is 4.17. The topological polar surface area (TPSA) is 44.4 Å². The molecule has 0 aromatic heterocycles. The smallest absolute Gasteiger partial charge is 0.315 e. The number of likely N-dealkylation sites (tertiary alicyclic amines) is 1. The van der Waals surface area contributed by atoms with Crippen molar-refractivity contribution in [2.75, 3.05) is 26.2 Å². The van der Waals surface area contributed by atoms with Crippen LogP contribution in [-0.2, 0) is 0 Å². The molecule has 2 rings (SSSR count). The molecule has 0 unspecified atom stereocenters. The van der Waals surface area contributed by atoms with Gasteiger partial charge in [-0.3, -0.25) is 0 Å². The van der Waals surface area contributed by atoms with E-state index in [1.165, 1.54) is 25.8 Å². The largest absolute Gasteiger partial charge is 0.338 e. The first-order valence-electron chi connectivity index (χ1n) is 7.71. The Bertz CT molecular complexity index is 317. The third-order valence-electron chi connectivity index (χ3n) is 4.17. The summed E-state index contributed by atoms with van der Waals surface area (Å²) in [6.45, 7) is 6.47. The first-order chi connectivity index (χ1) is 9.28. The Morgan fingerprint density at radius 3 is 3.00 bits per heavy atom. The molecule has 0 aromatic rings. The van der Waals surface area contributed by atoms with Crippen molar-refractivity contribution < 1.29 is 4.79 Å². The van der Waals surface area contributed by atoms with E-state index in [2.05, 4.69) is 34.6 Å². The molecular formula is C15H27N3O. The summed E-state index contributed by atoms with van der Waals surface area (Å²) < 4.78 is 0. The summed E-state index contributed by atoms with van der Waals surface area (Å²) in [5.74, 6) is 0.612. The number of hydrogen-bond donors (Lipinski definition) is 2. The molecule has 1 aliphatic carbocycles. The molecule has 2 aliphatic rings. The number of nitrogens with zero attached hydrogens (tertiary/aromatic N) is 1. The summed E-state index contributed by atoms with van der Waals surface area (Å²) in [5.41, 5.74) is 0. The summed E-state index contributed by atoms with van der Waals surface area (Å²) in [6, 6.07) is 0.220. The van der Waals surface area contributed by atoms with Crippen LogP contribution in [0.3, 0.4) is 0 Å². The molecular weight excluding hydrogens is 238 g/mol. The molecule has 108 valence electrons. The molecule has 1 saturated heterocycles. The van der Waals surface area contributed by atoms with Crippen LogP contribution in [0.5, 0.6) is 0 Å². The Hall–Kier alpha value is -1.03. The summed E-state index contributed by atoms with van der Waals surface area (Å²) in [5, 5.41) is 6.07. The maximum Gasteiger partial charge on any atom is 0.315 e. The van der Waals surface area contributed by atoms with Gasteiger partial charge in [0.15, 0.2) is 0 Å². The van der Waals surface area contributed by atoms with Crippen LogP contribution in [0, 0.1) is 5.92 Å². The van der Waals surface area contributed by atoms with Crippen LogP contribution in [0.15, 0.2) is 12.2 Å². The van der Waals surface area contributed by atoms with Gasteiger partial charge < -0.3 is 15.5 Å². The fourth-order valence-electron chi connectivity index (χ4n) is 2.99. The molecule has 0 saturated carbocycles. The lowest BCUT2D eigenvalue weighted by atomic mass is 9.98. The number of carbonyl (C=O) groups is 1. The van der Waals surface area contributed by atoms with E-state index < -0.39 is 0 Å². The predicted octanol–water partition coefficient (Wildman–Crippen LogP) is 2.13. The van der Waals surface area contributed by atoms with E-state index >= 15 is 0 Å². The van der Waals surface area contributed by atoms with Crippen molar-refractivity contribution in [2.24, 2.45) is 5.92 Å². The average molecular weight is 265 g/mol. The molecule has 0 spiro atoms. The molecule has 0 bridgehead atoms. The molecule has 1 aliphatic heterocycles. The highest BCUT2D eigenvalue weighted by molar-refractivity contribution is 5.74. The van der Waals surface area contributed by atoms with Gasteiger partial charge in [-0.25, -0.2) is 4.79 Å². The molecule has 2 amide bonds. The molecule has 4 heteroatoms. The first kappa shape index (κ1) is 14.4. The van der Waals surface area contributed by atoms with Crippen molar-refractivity contribution in [3.05, 3.63) is 12.2 Å². The Labute approximate surface area is 116 Å². The number of carbonyl (C=O) groups excluding carboxylic acids is 1. The van der Waals surface area contributed by atoms with Crippen molar-refractivity contribution in [2.45, 2.75) is 45.1 Å². The highest BCUT2D eigenvalue weighted by atomic mass is 16.2.